The van der Waals surface area contributed by atoms with Crippen LogP contribution >= 0.6 is 11.3 Å². The Bertz CT molecular complexity index is 1000. The Hall–Kier alpha value is -2.75. The molecule has 1 aromatic carbocycles. The highest BCUT2D eigenvalue weighted by atomic mass is 32.1. The number of halogens is 3. The van der Waals surface area contributed by atoms with Crippen LogP contribution in [0.2, 0.25) is 0 Å². The third kappa shape index (κ3) is 4.69. The first-order valence-corrected chi connectivity index (χ1v) is 11.2. The lowest BCUT2D eigenvalue weighted by atomic mass is 9.95. The van der Waals surface area contributed by atoms with Crippen molar-refractivity contribution in [2.24, 2.45) is 0 Å². The lowest BCUT2D eigenvalue weighted by molar-refractivity contribution is -0.171. The summed E-state index contributed by atoms with van der Waals surface area (Å²) < 4.78 is 51.6. The fourth-order valence-electron chi connectivity index (χ4n) is 4.06. The van der Waals surface area contributed by atoms with Crippen molar-refractivity contribution < 1.29 is 32.2 Å². The zero-order valence-corrected chi connectivity index (χ0v) is 18.2. The minimum absolute atomic E-state index is 0.0677. The molecule has 0 bridgehead atoms. The molecule has 2 aliphatic rings. The van der Waals surface area contributed by atoms with Gasteiger partial charge in [0.15, 0.2) is 17.5 Å². The first-order valence-electron chi connectivity index (χ1n) is 10.4. The van der Waals surface area contributed by atoms with Crippen LogP contribution in [-0.4, -0.2) is 30.8 Å². The maximum absolute atomic E-state index is 13.7. The first-order chi connectivity index (χ1) is 15.2. The summed E-state index contributed by atoms with van der Waals surface area (Å²) in [6.07, 6.45) is -0.692. The van der Waals surface area contributed by atoms with Gasteiger partial charge in [-0.1, -0.05) is 19.3 Å². The van der Waals surface area contributed by atoms with E-state index in [0.717, 1.165) is 37.0 Å². The summed E-state index contributed by atoms with van der Waals surface area (Å²) in [4.78, 5) is 27.7. The molecule has 1 saturated carbocycles. The van der Waals surface area contributed by atoms with Gasteiger partial charge >= 0.3 is 12.1 Å². The van der Waals surface area contributed by atoms with Gasteiger partial charge in [0, 0.05) is 27.5 Å². The molecule has 172 valence electrons. The number of aryl methyl sites for hydroxylation is 1. The van der Waals surface area contributed by atoms with Crippen molar-refractivity contribution in [1.29, 1.82) is 0 Å². The van der Waals surface area contributed by atoms with Gasteiger partial charge in [0.2, 0.25) is 12.7 Å². The molecule has 4 rings (SSSR count). The SMILES string of the molecule is Cc1ccc([C@@H](C(=O)NC2CCCCC2)N(C(=O)C(F)(F)F)c2ccc3c(c2)OCO3)s1. The number of hydrogen-bond donors (Lipinski definition) is 1. The number of thiophene rings is 1. The number of alkyl halides is 3. The molecule has 1 aliphatic heterocycles. The normalized spacial score (nSPS) is 17.1. The van der Waals surface area contributed by atoms with E-state index in [0.29, 0.717) is 15.5 Å². The maximum Gasteiger partial charge on any atom is 0.471 e. The molecule has 2 aromatic rings. The second kappa shape index (κ2) is 9.01. The van der Waals surface area contributed by atoms with Crippen molar-refractivity contribution >= 4 is 28.8 Å². The Morgan fingerprint density at radius 1 is 1.09 bits per heavy atom. The number of ether oxygens (including phenoxy) is 2. The Morgan fingerprint density at radius 3 is 2.47 bits per heavy atom. The van der Waals surface area contributed by atoms with E-state index >= 15 is 0 Å². The van der Waals surface area contributed by atoms with Crippen molar-refractivity contribution in [1.82, 2.24) is 5.32 Å². The molecule has 0 radical (unpaired) electrons. The highest BCUT2D eigenvalue weighted by Gasteiger charge is 2.48. The third-order valence-corrected chi connectivity index (χ3v) is 6.64. The number of rotatable bonds is 5. The van der Waals surface area contributed by atoms with Crippen molar-refractivity contribution in [2.45, 2.75) is 57.3 Å². The summed E-state index contributed by atoms with van der Waals surface area (Å²) in [5.41, 5.74) is -0.0913. The summed E-state index contributed by atoms with van der Waals surface area (Å²) in [7, 11) is 0. The molecule has 1 fully saturated rings. The minimum Gasteiger partial charge on any atom is -0.454 e. The van der Waals surface area contributed by atoms with Gasteiger partial charge in [-0.25, -0.2) is 0 Å². The van der Waals surface area contributed by atoms with Gasteiger partial charge < -0.3 is 14.8 Å². The number of nitrogens with one attached hydrogen (secondary N) is 1. The number of hydrogen-bond acceptors (Lipinski definition) is 5. The second-order valence-corrected chi connectivity index (χ2v) is 9.22. The van der Waals surface area contributed by atoms with Crippen LogP contribution in [0.15, 0.2) is 30.3 Å². The zero-order chi connectivity index (χ0) is 22.9. The predicted octanol–water partition coefficient (Wildman–Crippen LogP) is 4.87. The molecular weight excluding hydrogens is 445 g/mol. The van der Waals surface area contributed by atoms with Crippen molar-refractivity contribution in [3.8, 4) is 11.5 Å². The standard InChI is InChI=1S/C22H23F3N2O4S/c1-13-7-10-18(32-13)19(20(28)26-14-5-3-2-4-6-14)27(21(29)22(23,24)25)15-8-9-16-17(11-15)31-12-30-16/h7-11,14,19H,2-6,12H2,1H3,(H,26,28)/t19-/m0/s1. The molecule has 1 atom stereocenters. The average molecular weight is 468 g/mol. The number of benzene rings is 1. The monoisotopic (exact) mass is 468 g/mol. The van der Waals surface area contributed by atoms with E-state index < -0.39 is 24.0 Å². The van der Waals surface area contributed by atoms with Crippen molar-refractivity contribution in [3.63, 3.8) is 0 Å². The number of carbonyl (C=O) groups is 2. The van der Waals surface area contributed by atoms with E-state index in [9.17, 15) is 22.8 Å². The average Bonchev–Trinajstić information content (AvgIpc) is 3.39. The van der Waals surface area contributed by atoms with Gasteiger partial charge in [0.25, 0.3) is 0 Å². The third-order valence-electron chi connectivity index (χ3n) is 5.58. The summed E-state index contributed by atoms with van der Waals surface area (Å²) in [6.45, 7) is 1.72. The van der Waals surface area contributed by atoms with Gasteiger partial charge in [-0.05, 0) is 44.0 Å². The van der Waals surface area contributed by atoms with Gasteiger partial charge in [-0.2, -0.15) is 13.2 Å². The molecule has 0 saturated heterocycles. The van der Waals surface area contributed by atoms with Crippen LogP contribution in [0, 0.1) is 6.92 Å². The van der Waals surface area contributed by atoms with Crippen LogP contribution in [0.3, 0.4) is 0 Å². The molecule has 2 amide bonds. The van der Waals surface area contributed by atoms with Crippen LogP contribution in [-0.2, 0) is 9.59 Å². The molecule has 10 heteroatoms. The zero-order valence-electron chi connectivity index (χ0n) is 17.4. The number of carbonyl (C=O) groups excluding carboxylic acids is 2. The highest BCUT2D eigenvalue weighted by molar-refractivity contribution is 7.12. The molecule has 6 nitrogen and oxygen atoms in total. The smallest absolute Gasteiger partial charge is 0.454 e. The van der Waals surface area contributed by atoms with Crippen LogP contribution in [0.4, 0.5) is 18.9 Å². The molecule has 0 unspecified atom stereocenters. The van der Waals surface area contributed by atoms with Gasteiger partial charge in [0.1, 0.15) is 0 Å². The van der Waals surface area contributed by atoms with Crippen molar-refractivity contribution in [3.05, 3.63) is 40.1 Å². The molecule has 2 heterocycles. The van der Waals surface area contributed by atoms with E-state index in [-0.39, 0.29) is 24.3 Å². The van der Waals surface area contributed by atoms with E-state index in [1.807, 2.05) is 0 Å². The Kier molecular flexibility index (Phi) is 6.32. The van der Waals surface area contributed by atoms with Gasteiger partial charge in [-0.15, -0.1) is 11.3 Å². The summed E-state index contributed by atoms with van der Waals surface area (Å²) in [6, 6.07) is 5.78. The number of anilines is 1. The fourth-order valence-corrected chi connectivity index (χ4v) is 5.02. The molecule has 1 aliphatic carbocycles. The van der Waals surface area contributed by atoms with E-state index in [1.165, 1.54) is 29.5 Å². The molecule has 32 heavy (non-hydrogen) atoms. The van der Waals surface area contributed by atoms with Gasteiger partial charge in [0.05, 0.1) is 0 Å². The number of fused-ring (bicyclic) bond motifs is 1. The number of amides is 2. The summed E-state index contributed by atoms with van der Waals surface area (Å²) >= 11 is 1.18. The largest absolute Gasteiger partial charge is 0.471 e. The quantitative estimate of drug-likeness (QED) is 0.680. The van der Waals surface area contributed by atoms with Gasteiger partial charge in [-0.3, -0.25) is 14.5 Å². The lowest BCUT2D eigenvalue weighted by Crippen LogP contribution is -2.50. The summed E-state index contributed by atoms with van der Waals surface area (Å²) in [5.74, 6) is -2.17. The minimum atomic E-state index is -5.17. The van der Waals surface area contributed by atoms with Crippen LogP contribution < -0.4 is 19.7 Å². The first kappa shape index (κ1) is 22.4. The molecular formula is C22H23F3N2O4S. The Labute approximate surface area is 187 Å². The maximum atomic E-state index is 13.7. The highest BCUT2D eigenvalue weighted by Crippen LogP contribution is 2.40. The Balaban J connectivity index is 1.77. The predicted molar refractivity (Wildman–Crippen MR) is 113 cm³/mol. The van der Waals surface area contributed by atoms with Crippen LogP contribution in [0.25, 0.3) is 0 Å². The molecule has 1 N–H and O–H groups in total. The Morgan fingerprint density at radius 2 is 1.81 bits per heavy atom. The second-order valence-electron chi connectivity index (χ2n) is 7.90. The van der Waals surface area contributed by atoms with E-state index in [4.69, 9.17) is 9.47 Å². The topological polar surface area (TPSA) is 67.9 Å². The lowest BCUT2D eigenvalue weighted by Gasteiger charge is -2.33. The van der Waals surface area contributed by atoms with Crippen LogP contribution in [0.1, 0.15) is 47.9 Å². The molecule has 0 spiro atoms. The fraction of sp³-hybridized carbons (Fsp3) is 0.455. The van der Waals surface area contributed by atoms with E-state index in [2.05, 4.69) is 5.32 Å². The van der Waals surface area contributed by atoms with E-state index in [1.54, 1.807) is 19.1 Å². The van der Waals surface area contributed by atoms with Crippen LogP contribution in [0.5, 0.6) is 11.5 Å². The number of nitrogens with zero attached hydrogens (tertiary/aromatic N) is 1. The summed E-state index contributed by atoms with van der Waals surface area (Å²) in [5, 5.41) is 2.89. The molecule has 1 aromatic heterocycles. The van der Waals surface area contributed by atoms with Crippen molar-refractivity contribution in [2.75, 3.05) is 11.7 Å².